The minimum atomic E-state index is 0.0720. The fourth-order valence-corrected chi connectivity index (χ4v) is 1.52. The topological polar surface area (TPSA) is 51.0 Å². The number of benzene rings is 1. The van der Waals surface area contributed by atoms with Crippen LogP contribution in [-0.4, -0.2) is 17.2 Å². The number of nitrogens with zero attached hydrogens (tertiary/aromatic N) is 2. The molecule has 2 aromatic rings. The zero-order valence-corrected chi connectivity index (χ0v) is 10.6. The van der Waals surface area contributed by atoms with Gasteiger partial charge in [-0.1, -0.05) is 6.07 Å². The molecule has 1 atom stereocenters. The Bertz CT molecular complexity index is 519. The molecular formula is C13H17N3O. The van der Waals surface area contributed by atoms with Crippen LogP contribution in [0.1, 0.15) is 30.0 Å². The standard InChI is InChI=1S/C13H17N3O/c1-8-5-6-11(7-9(8)2)13-16-15-12(17-13)10(3)14-4/h5-7,10,14H,1-4H3. The van der Waals surface area contributed by atoms with Gasteiger partial charge in [0.15, 0.2) is 0 Å². The lowest BCUT2D eigenvalue weighted by Gasteiger charge is -2.03. The van der Waals surface area contributed by atoms with Gasteiger partial charge in [-0.2, -0.15) is 0 Å². The summed E-state index contributed by atoms with van der Waals surface area (Å²) in [7, 11) is 1.87. The Kier molecular flexibility index (Phi) is 3.24. The van der Waals surface area contributed by atoms with Gasteiger partial charge in [-0.15, -0.1) is 10.2 Å². The first kappa shape index (κ1) is 11.8. The summed E-state index contributed by atoms with van der Waals surface area (Å²) in [4.78, 5) is 0. The second kappa shape index (κ2) is 4.67. The number of hydrogen-bond acceptors (Lipinski definition) is 4. The van der Waals surface area contributed by atoms with Gasteiger partial charge in [-0.05, 0) is 51.1 Å². The maximum atomic E-state index is 5.63. The van der Waals surface area contributed by atoms with E-state index in [1.165, 1.54) is 11.1 Å². The molecule has 0 bridgehead atoms. The highest BCUT2D eigenvalue weighted by molar-refractivity contribution is 5.55. The third-order valence-electron chi connectivity index (χ3n) is 3.00. The highest BCUT2D eigenvalue weighted by Gasteiger charge is 2.13. The minimum absolute atomic E-state index is 0.0720. The lowest BCUT2D eigenvalue weighted by atomic mass is 10.1. The summed E-state index contributed by atoms with van der Waals surface area (Å²) in [6.45, 7) is 6.14. The first-order valence-corrected chi connectivity index (χ1v) is 5.70. The minimum Gasteiger partial charge on any atom is -0.419 e. The monoisotopic (exact) mass is 231 g/mol. The van der Waals surface area contributed by atoms with Crippen LogP contribution in [0.4, 0.5) is 0 Å². The predicted octanol–water partition coefficient (Wildman–Crippen LogP) is 2.63. The number of aromatic nitrogens is 2. The van der Waals surface area contributed by atoms with Crippen LogP contribution < -0.4 is 5.32 Å². The van der Waals surface area contributed by atoms with E-state index in [0.717, 1.165) is 5.56 Å². The summed E-state index contributed by atoms with van der Waals surface area (Å²) in [5.74, 6) is 1.19. The van der Waals surface area contributed by atoms with Crippen LogP contribution >= 0.6 is 0 Å². The average molecular weight is 231 g/mol. The van der Waals surface area contributed by atoms with Gasteiger partial charge in [0.25, 0.3) is 0 Å². The highest BCUT2D eigenvalue weighted by atomic mass is 16.4. The quantitative estimate of drug-likeness (QED) is 0.882. The van der Waals surface area contributed by atoms with Crippen molar-refractivity contribution in [2.24, 2.45) is 0 Å². The van der Waals surface area contributed by atoms with Crippen molar-refractivity contribution in [3.05, 3.63) is 35.2 Å². The molecule has 0 aliphatic carbocycles. The maximum absolute atomic E-state index is 5.63. The van der Waals surface area contributed by atoms with Crippen LogP contribution in [0.5, 0.6) is 0 Å². The van der Waals surface area contributed by atoms with Gasteiger partial charge in [0.05, 0.1) is 6.04 Å². The lowest BCUT2D eigenvalue weighted by molar-refractivity contribution is 0.441. The fraction of sp³-hybridized carbons (Fsp3) is 0.385. The van der Waals surface area contributed by atoms with Crippen molar-refractivity contribution in [3.8, 4) is 11.5 Å². The van der Waals surface area contributed by atoms with Crippen molar-refractivity contribution in [2.45, 2.75) is 26.8 Å². The second-order valence-electron chi connectivity index (χ2n) is 4.25. The third-order valence-corrected chi connectivity index (χ3v) is 3.00. The second-order valence-corrected chi connectivity index (χ2v) is 4.25. The third kappa shape index (κ3) is 2.36. The van der Waals surface area contributed by atoms with Gasteiger partial charge in [-0.3, -0.25) is 0 Å². The Morgan fingerprint density at radius 1 is 1.18 bits per heavy atom. The van der Waals surface area contributed by atoms with Crippen LogP contribution in [0, 0.1) is 13.8 Å². The van der Waals surface area contributed by atoms with Gasteiger partial charge in [-0.25, -0.2) is 0 Å². The molecule has 90 valence electrons. The summed E-state index contributed by atoms with van der Waals surface area (Å²) < 4.78 is 5.63. The van der Waals surface area contributed by atoms with Gasteiger partial charge in [0.2, 0.25) is 11.8 Å². The summed E-state index contributed by atoms with van der Waals surface area (Å²) in [5.41, 5.74) is 3.45. The average Bonchev–Trinajstić information content (AvgIpc) is 2.81. The van der Waals surface area contributed by atoms with E-state index in [2.05, 4.69) is 41.5 Å². The van der Waals surface area contributed by atoms with E-state index < -0.39 is 0 Å². The predicted molar refractivity (Wildman–Crippen MR) is 66.7 cm³/mol. The summed E-state index contributed by atoms with van der Waals surface area (Å²) in [6, 6.07) is 6.21. The Balaban J connectivity index is 2.33. The van der Waals surface area contributed by atoms with E-state index in [9.17, 15) is 0 Å². The maximum Gasteiger partial charge on any atom is 0.247 e. The van der Waals surface area contributed by atoms with Crippen molar-refractivity contribution in [1.82, 2.24) is 15.5 Å². The molecule has 4 nitrogen and oxygen atoms in total. The Labute approximate surface area is 101 Å². The van der Waals surface area contributed by atoms with Gasteiger partial charge in [0, 0.05) is 5.56 Å². The Morgan fingerprint density at radius 3 is 2.59 bits per heavy atom. The molecule has 0 fully saturated rings. The smallest absolute Gasteiger partial charge is 0.247 e. The molecule has 0 saturated carbocycles. The lowest BCUT2D eigenvalue weighted by Crippen LogP contribution is -2.12. The van der Waals surface area contributed by atoms with Crippen molar-refractivity contribution in [3.63, 3.8) is 0 Å². The molecule has 0 spiro atoms. The van der Waals surface area contributed by atoms with Crippen LogP contribution in [0.2, 0.25) is 0 Å². The molecular weight excluding hydrogens is 214 g/mol. The molecule has 1 N–H and O–H groups in total. The Hall–Kier alpha value is -1.68. The molecule has 2 rings (SSSR count). The molecule has 0 aliphatic rings. The van der Waals surface area contributed by atoms with Crippen molar-refractivity contribution >= 4 is 0 Å². The van der Waals surface area contributed by atoms with Crippen molar-refractivity contribution in [2.75, 3.05) is 7.05 Å². The first-order valence-electron chi connectivity index (χ1n) is 5.70. The number of hydrogen-bond donors (Lipinski definition) is 1. The van der Waals surface area contributed by atoms with Crippen molar-refractivity contribution in [1.29, 1.82) is 0 Å². The van der Waals surface area contributed by atoms with E-state index >= 15 is 0 Å². The van der Waals surface area contributed by atoms with E-state index in [-0.39, 0.29) is 6.04 Å². The van der Waals surface area contributed by atoms with Gasteiger partial charge in [0.1, 0.15) is 0 Å². The molecule has 1 aromatic carbocycles. The highest BCUT2D eigenvalue weighted by Crippen LogP contribution is 2.22. The molecule has 0 saturated heterocycles. The van der Waals surface area contributed by atoms with Crippen LogP contribution in [0.3, 0.4) is 0 Å². The van der Waals surface area contributed by atoms with E-state index in [0.29, 0.717) is 11.8 Å². The molecule has 0 aliphatic heterocycles. The summed E-state index contributed by atoms with van der Waals surface area (Å²) >= 11 is 0. The molecule has 4 heteroatoms. The van der Waals surface area contributed by atoms with Gasteiger partial charge >= 0.3 is 0 Å². The molecule has 1 aromatic heterocycles. The van der Waals surface area contributed by atoms with Crippen molar-refractivity contribution < 1.29 is 4.42 Å². The number of rotatable bonds is 3. The first-order chi connectivity index (χ1) is 8.11. The molecule has 0 radical (unpaired) electrons. The number of nitrogens with one attached hydrogen (secondary N) is 1. The fourth-order valence-electron chi connectivity index (χ4n) is 1.52. The largest absolute Gasteiger partial charge is 0.419 e. The Morgan fingerprint density at radius 2 is 1.94 bits per heavy atom. The molecule has 0 amide bonds. The van der Waals surface area contributed by atoms with E-state index in [4.69, 9.17) is 4.42 Å². The summed E-state index contributed by atoms with van der Waals surface area (Å²) in [5, 5.41) is 11.2. The zero-order valence-electron chi connectivity index (χ0n) is 10.6. The molecule has 1 unspecified atom stereocenters. The van der Waals surface area contributed by atoms with Crippen LogP contribution in [-0.2, 0) is 0 Å². The van der Waals surface area contributed by atoms with Crippen LogP contribution in [0.25, 0.3) is 11.5 Å². The SMILES string of the molecule is CNC(C)c1nnc(-c2ccc(C)c(C)c2)o1. The van der Waals surface area contributed by atoms with E-state index in [1.807, 2.05) is 20.0 Å². The molecule has 1 heterocycles. The van der Waals surface area contributed by atoms with E-state index in [1.54, 1.807) is 0 Å². The van der Waals surface area contributed by atoms with Gasteiger partial charge < -0.3 is 9.73 Å². The van der Waals surface area contributed by atoms with Crippen LogP contribution in [0.15, 0.2) is 22.6 Å². The number of aryl methyl sites for hydroxylation is 2. The summed E-state index contributed by atoms with van der Waals surface area (Å²) in [6.07, 6.45) is 0. The normalized spacial score (nSPS) is 12.7. The molecule has 17 heavy (non-hydrogen) atoms. The zero-order chi connectivity index (χ0) is 12.4.